The minimum atomic E-state index is -0.867. The van der Waals surface area contributed by atoms with E-state index in [2.05, 4.69) is 20.8 Å². The Kier molecular flexibility index (Phi) is 4.34. The fourth-order valence-corrected chi connectivity index (χ4v) is 2.03. The molecule has 1 aromatic heterocycles. The highest BCUT2D eigenvalue weighted by Crippen LogP contribution is 2.17. The molecule has 8 heteroatoms. The lowest BCUT2D eigenvalue weighted by molar-refractivity contribution is -0.140. The van der Waals surface area contributed by atoms with Crippen LogP contribution in [0.25, 0.3) is 0 Å². The summed E-state index contributed by atoms with van der Waals surface area (Å²) in [5, 5.41) is 21.9. The van der Waals surface area contributed by atoms with Gasteiger partial charge < -0.3 is 20.3 Å². The molecule has 1 heterocycles. The van der Waals surface area contributed by atoms with Crippen molar-refractivity contribution in [2.75, 3.05) is 6.54 Å². The zero-order valence-electron chi connectivity index (χ0n) is 11.1. The van der Waals surface area contributed by atoms with Crippen molar-refractivity contribution < 1.29 is 14.7 Å². The van der Waals surface area contributed by atoms with Gasteiger partial charge >= 0.3 is 12.0 Å². The van der Waals surface area contributed by atoms with Gasteiger partial charge in [0.05, 0.1) is 12.0 Å². The third kappa shape index (κ3) is 3.56. The van der Waals surface area contributed by atoms with Crippen LogP contribution in [0.3, 0.4) is 0 Å². The smallest absolute Gasteiger partial charge is 0.315 e. The number of carboxylic acid groups (broad SMARTS) is 1. The van der Waals surface area contributed by atoms with Gasteiger partial charge in [0.15, 0.2) is 0 Å². The molecule has 0 spiro atoms. The quantitative estimate of drug-likeness (QED) is 0.640. The molecule has 20 heavy (non-hydrogen) atoms. The number of nitrogens with one attached hydrogen (secondary N) is 2. The molecule has 0 bridgehead atoms. The van der Waals surface area contributed by atoms with Crippen LogP contribution in [0.1, 0.15) is 12.2 Å². The monoisotopic (exact) mass is 279 g/mol. The van der Waals surface area contributed by atoms with E-state index >= 15 is 0 Å². The maximum Gasteiger partial charge on any atom is 0.315 e. The molecular formula is C12H17N5O3. The molecule has 1 aromatic rings. The highest BCUT2D eigenvalue weighted by atomic mass is 16.4. The lowest BCUT2D eigenvalue weighted by Gasteiger charge is -2.13. The standard InChI is InChI=1S/C12H17N5O3/c1-17-7-14-16-10(17)4-5-13-12(20)15-9-3-2-8(6-9)11(18)19/h2-3,7-9H,4-6H2,1H3,(H,18,19)(H2,13,15,20). The Morgan fingerprint density at radius 2 is 2.30 bits per heavy atom. The second-order valence-electron chi connectivity index (χ2n) is 4.68. The Morgan fingerprint density at radius 3 is 2.90 bits per heavy atom. The zero-order valence-corrected chi connectivity index (χ0v) is 11.1. The van der Waals surface area contributed by atoms with Gasteiger partial charge in [0.25, 0.3) is 0 Å². The van der Waals surface area contributed by atoms with E-state index in [1.165, 1.54) is 0 Å². The molecule has 3 N–H and O–H groups in total. The molecule has 0 saturated heterocycles. The number of hydrogen-bond donors (Lipinski definition) is 3. The highest BCUT2D eigenvalue weighted by Gasteiger charge is 2.25. The second-order valence-corrected chi connectivity index (χ2v) is 4.68. The largest absolute Gasteiger partial charge is 0.481 e. The first-order valence-corrected chi connectivity index (χ1v) is 6.34. The van der Waals surface area contributed by atoms with Crippen molar-refractivity contribution in [3.63, 3.8) is 0 Å². The summed E-state index contributed by atoms with van der Waals surface area (Å²) in [5.74, 6) is -0.593. The van der Waals surface area contributed by atoms with Gasteiger partial charge in [-0.2, -0.15) is 0 Å². The van der Waals surface area contributed by atoms with E-state index in [0.717, 1.165) is 5.82 Å². The number of aryl methyl sites for hydroxylation is 1. The predicted octanol–water partition coefficient (Wildman–Crippen LogP) is -0.314. The molecule has 0 radical (unpaired) electrons. The van der Waals surface area contributed by atoms with Crippen LogP contribution in [0.2, 0.25) is 0 Å². The summed E-state index contributed by atoms with van der Waals surface area (Å²) in [7, 11) is 1.84. The molecule has 2 unspecified atom stereocenters. The third-order valence-electron chi connectivity index (χ3n) is 3.16. The first kappa shape index (κ1) is 14.0. The Bertz CT molecular complexity index is 525. The van der Waals surface area contributed by atoms with Crippen LogP contribution >= 0.6 is 0 Å². The van der Waals surface area contributed by atoms with E-state index < -0.39 is 11.9 Å². The maximum absolute atomic E-state index is 11.6. The van der Waals surface area contributed by atoms with Crippen molar-refractivity contribution in [1.82, 2.24) is 25.4 Å². The van der Waals surface area contributed by atoms with Gasteiger partial charge in [-0.25, -0.2) is 4.79 Å². The van der Waals surface area contributed by atoms with E-state index in [0.29, 0.717) is 19.4 Å². The number of rotatable bonds is 5. The lowest BCUT2D eigenvalue weighted by atomic mass is 10.1. The molecule has 2 atom stereocenters. The summed E-state index contributed by atoms with van der Waals surface area (Å²) in [4.78, 5) is 22.4. The van der Waals surface area contributed by atoms with Crippen molar-refractivity contribution in [2.24, 2.45) is 13.0 Å². The van der Waals surface area contributed by atoms with Crippen LogP contribution in [0.15, 0.2) is 18.5 Å². The lowest BCUT2D eigenvalue weighted by Crippen LogP contribution is -2.41. The summed E-state index contributed by atoms with van der Waals surface area (Å²) < 4.78 is 1.79. The third-order valence-corrected chi connectivity index (χ3v) is 3.16. The van der Waals surface area contributed by atoms with Gasteiger partial charge in [-0.1, -0.05) is 12.2 Å². The number of urea groups is 1. The molecule has 1 aliphatic carbocycles. The molecule has 8 nitrogen and oxygen atoms in total. The predicted molar refractivity (Wildman–Crippen MR) is 69.9 cm³/mol. The minimum absolute atomic E-state index is 0.231. The van der Waals surface area contributed by atoms with Crippen LogP contribution in [-0.4, -0.2) is 44.5 Å². The normalized spacial score (nSPS) is 20.9. The number of hydrogen-bond acceptors (Lipinski definition) is 4. The number of carbonyl (C=O) groups excluding carboxylic acids is 1. The van der Waals surface area contributed by atoms with E-state index in [1.807, 2.05) is 7.05 Å². The zero-order chi connectivity index (χ0) is 14.5. The molecule has 0 aromatic carbocycles. The highest BCUT2D eigenvalue weighted by molar-refractivity contribution is 5.76. The Morgan fingerprint density at radius 1 is 1.50 bits per heavy atom. The Hall–Kier alpha value is -2.38. The van der Waals surface area contributed by atoms with Crippen molar-refractivity contribution in [1.29, 1.82) is 0 Å². The molecular weight excluding hydrogens is 262 g/mol. The number of aromatic nitrogens is 3. The Balaban J connectivity index is 1.68. The number of carbonyl (C=O) groups is 2. The van der Waals surface area contributed by atoms with Gasteiger partial charge in [-0.05, 0) is 6.42 Å². The van der Waals surface area contributed by atoms with Gasteiger partial charge in [-0.15, -0.1) is 10.2 Å². The maximum atomic E-state index is 11.6. The average Bonchev–Trinajstić information content (AvgIpc) is 2.99. The number of nitrogens with zero attached hydrogens (tertiary/aromatic N) is 3. The van der Waals surface area contributed by atoms with Crippen molar-refractivity contribution in [2.45, 2.75) is 18.9 Å². The average molecular weight is 279 g/mol. The number of aliphatic carboxylic acids is 1. The molecule has 2 rings (SSSR count). The molecule has 0 fully saturated rings. The molecule has 0 aliphatic heterocycles. The van der Waals surface area contributed by atoms with Crippen LogP contribution < -0.4 is 10.6 Å². The Labute approximate surface area is 115 Å². The van der Waals surface area contributed by atoms with E-state index in [-0.39, 0.29) is 12.1 Å². The van der Waals surface area contributed by atoms with Gasteiger partial charge in [0.2, 0.25) is 0 Å². The molecule has 108 valence electrons. The second kappa shape index (κ2) is 6.18. The summed E-state index contributed by atoms with van der Waals surface area (Å²) in [6.45, 7) is 0.442. The first-order valence-electron chi connectivity index (χ1n) is 6.34. The van der Waals surface area contributed by atoms with E-state index in [1.54, 1.807) is 23.0 Å². The van der Waals surface area contributed by atoms with Gasteiger partial charge in [-0.3, -0.25) is 4.79 Å². The summed E-state index contributed by atoms with van der Waals surface area (Å²) in [6, 6.07) is -0.543. The van der Waals surface area contributed by atoms with Crippen LogP contribution in [0.5, 0.6) is 0 Å². The van der Waals surface area contributed by atoms with Crippen molar-refractivity contribution >= 4 is 12.0 Å². The van der Waals surface area contributed by atoms with Crippen LogP contribution in [0, 0.1) is 5.92 Å². The summed E-state index contributed by atoms with van der Waals surface area (Å²) in [6.07, 6.45) is 5.90. The molecule has 2 amide bonds. The number of carboxylic acids is 1. The summed E-state index contributed by atoms with van der Waals surface area (Å²) in [5.41, 5.74) is 0. The molecule has 1 aliphatic rings. The first-order chi connectivity index (χ1) is 9.56. The van der Waals surface area contributed by atoms with Crippen LogP contribution in [0.4, 0.5) is 4.79 Å². The fourth-order valence-electron chi connectivity index (χ4n) is 2.03. The minimum Gasteiger partial charge on any atom is -0.481 e. The van der Waals surface area contributed by atoms with Crippen molar-refractivity contribution in [3.8, 4) is 0 Å². The summed E-state index contributed by atoms with van der Waals surface area (Å²) >= 11 is 0. The van der Waals surface area contributed by atoms with E-state index in [9.17, 15) is 9.59 Å². The van der Waals surface area contributed by atoms with Gasteiger partial charge in [0, 0.05) is 20.0 Å². The number of amides is 2. The van der Waals surface area contributed by atoms with Crippen LogP contribution in [-0.2, 0) is 18.3 Å². The topological polar surface area (TPSA) is 109 Å². The van der Waals surface area contributed by atoms with E-state index in [4.69, 9.17) is 5.11 Å². The fraction of sp³-hybridized carbons (Fsp3) is 0.500. The van der Waals surface area contributed by atoms with Crippen molar-refractivity contribution in [3.05, 3.63) is 24.3 Å². The SMILES string of the molecule is Cn1cnnc1CCNC(=O)NC1C=CC(C(=O)O)C1. The molecule has 0 saturated carbocycles. The van der Waals surface area contributed by atoms with Gasteiger partial charge in [0.1, 0.15) is 12.2 Å².